The number of anilines is 1. The minimum absolute atomic E-state index is 0.246. The van der Waals surface area contributed by atoms with Gasteiger partial charge in [-0.05, 0) is 24.6 Å². The standard InChI is InChI=1S/C17H15NO4/c1-11-17(20)18-14-7-13(9-19)8-15(16(14)22-11)21-10-12-5-3-2-4-6-12/h2-9,11H,10H2,1H3,(H,18,20). The molecule has 0 saturated carbocycles. The van der Waals surface area contributed by atoms with Gasteiger partial charge in [0, 0.05) is 5.56 Å². The highest BCUT2D eigenvalue weighted by molar-refractivity contribution is 5.99. The highest BCUT2D eigenvalue weighted by atomic mass is 16.5. The summed E-state index contributed by atoms with van der Waals surface area (Å²) in [5, 5.41) is 2.72. The van der Waals surface area contributed by atoms with Crippen LogP contribution in [0, 0.1) is 0 Å². The van der Waals surface area contributed by atoms with Crippen LogP contribution in [0.25, 0.3) is 0 Å². The molecule has 112 valence electrons. The predicted octanol–water partition coefficient (Wildman–Crippen LogP) is 2.80. The van der Waals surface area contributed by atoms with Crippen LogP contribution in [0.2, 0.25) is 0 Å². The molecule has 0 aliphatic carbocycles. The number of benzene rings is 2. The second kappa shape index (κ2) is 5.89. The number of carbonyl (C=O) groups is 2. The Morgan fingerprint density at radius 2 is 2.05 bits per heavy atom. The predicted molar refractivity (Wildman–Crippen MR) is 81.3 cm³/mol. The molecular formula is C17H15NO4. The highest BCUT2D eigenvalue weighted by Gasteiger charge is 2.27. The molecule has 0 aromatic heterocycles. The summed E-state index contributed by atoms with van der Waals surface area (Å²) in [5.41, 5.74) is 1.87. The van der Waals surface area contributed by atoms with Crippen molar-refractivity contribution in [2.75, 3.05) is 5.32 Å². The smallest absolute Gasteiger partial charge is 0.265 e. The molecule has 0 bridgehead atoms. The molecule has 2 aromatic carbocycles. The van der Waals surface area contributed by atoms with E-state index in [1.807, 2.05) is 30.3 Å². The number of nitrogens with one attached hydrogen (secondary N) is 1. The summed E-state index contributed by atoms with van der Waals surface area (Å²) in [6.45, 7) is 2.01. The number of hydrogen-bond donors (Lipinski definition) is 1. The van der Waals surface area contributed by atoms with Gasteiger partial charge in [-0.2, -0.15) is 0 Å². The third kappa shape index (κ3) is 2.79. The lowest BCUT2D eigenvalue weighted by atomic mass is 10.1. The van der Waals surface area contributed by atoms with Crippen LogP contribution < -0.4 is 14.8 Å². The Labute approximate surface area is 127 Å². The number of aldehydes is 1. The Morgan fingerprint density at radius 3 is 2.77 bits per heavy atom. The van der Waals surface area contributed by atoms with Gasteiger partial charge in [0.25, 0.3) is 5.91 Å². The van der Waals surface area contributed by atoms with Crippen molar-refractivity contribution in [2.24, 2.45) is 0 Å². The van der Waals surface area contributed by atoms with Crippen molar-refractivity contribution < 1.29 is 19.1 Å². The van der Waals surface area contributed by atoms with Crippen molar-refractivity contribution in [3.63, 3.8) is 0 Å². The third-order valence-corrected chi connectivity index (χ3v) is 3.37. The first kappa shape index (κ1) is 14.1. The summed E-state index contributed by atoms with van der Waals surface area (Å²) in [7, 11) is 0. The molecule has 0 radical (unpaired) electrons. The number of amides is 1. The topological polar surface area (TPSA) is 64.6 Å². The third-order valence-electron chi connectivity index (χ3n) is 3.37. The molecule has 1 heterocycles. The van der Waals surface area contributed by atoms with Crippen LogP contribution in [0.15, 0.2) is 42.5 Å². The first-order valence-electron chi connectivity index (χ1n) is 6.95. The largest absolute Gasteiger partial charge is 0.485 e. The number of ether oxygens (including phenoxy) is 2. The Hall–Kier alpha value is -2.82. The van der Waals surface area contributed by atoms with Crippen LogP contribution in [0.3, 0.4) is 0 Å². The van der Waals surface area contributed by atoms with Crippen LogP contribution in [0.1, 0.15) is 22.8 Å². The van der Waals surface area contributed by atoms with E-state index in [4.69, 9.17) is 9.47 Å². The molecule has 2 aromatic rings. The molecule has 1 N–H and O–H groups in total. The molecule has 1 unspecified atom stereocenters. The minimum Gasteiger partial charge on any atom is -0.485 e. The van der Waals surface area contributed by atoms with Gasteiger partial charge in [-0.1, -0.05) is 30.3 Å². The average molecular weight is 297 g/mol. The highest BCUT2D eigenvalue weighted by Crippen LogP contribution is 2.40. The fourth-order valence-corrected chi connectivity index (χ4v) is 2.21. The molecule has 1 amide bonds. The van der Waals surface area contributed by atoms with Crippen molar-refractivity contribution in [1.29, 1.82) is 0 Å². The second-order valence-corrected chi connectivity index (χ2v) is 5.04. The van der Waals surface area contributed by atoms with E-state index in [0.717, 1.165) is 5.56 Å². The van der Waals surface area contributed by atoms with Gasteiger partial charge in [0.05, 0.1) is 5.69 Å². The molecule has 3 rings (SSSR count). The Morgan fingerprint density at radius 1 is 1.27 bits per heavy atom. The van der Waals surface area contributed by atoms with Crippen LogP contribution in [0.5, 0.6) is 11.5 Å². The fourth-order valence-electron chi connectivity index (χ4n) is 2.21. The van der Waals surface area contributed by atoms with E-state index in [1.54, 1.807) is 19.1 Å². The minimum atomic E-state index is -0.603. The van der Waals surface area contributed by atoms with E-state index in [1.165, 1.54) is 0 Å². The lowest BCUT2D eigenvalue weighted by Gasteiger charge is -2.25. The number of carbonyl (C=O) groups excluding carboxylic acids is 2. The van der Waals surface area contributed by atoms with Gasteiger partial charge >= 0.3 is 0 Å². The molecule has 1 aliphatic rings. The lowest BCUT2D eigenvalue weighted by molar-refractivity contribution is -0.122. The molecule has 5 heteroatoms. The first-order valence-corrected chi connectivity index (χ1v) is 6.95. The Kier molecular flexibility index (Phi) is 3.78. The zero-order valence-corrected chi connectivity index (χ0v) is 12.0. The van der Waals surface area contributed by atoms with Crippen LogP contribution >= 0.6 is 0 Å². The SMILES string of the molecule is CC1Oc2c(cc(C=O)cc2OCc2ccccc2)NC1=O. The van der Waals surface area contributed by atoms with Gasteiger partial charge in [-0.15, -0.1) is 0 Å². The van der Waals surface area contributed by atoms with Gasteiger partial charge in [0.1, 0.15) is 12.9 Å². The van der Waals surface area contributed by atoms with Crippen molar-refractivity contribution in [3.05, 3.63) is 53.6 Å². The molecule has 5 nitrogen and oxygen atoms in total. The monoisotopic (exact) mass is 297 g/mol. The van der Waals surface area contributed by atoms with Crippen molar-refractivity contribution in [2.45, 2.75) is 19.6 Å². The van der Waals surface area contributed by atoms with Crippen molar-refractivity contribution in [1.82, 2.24) is 0 Å². The van der Waals surface area contributed by atoms with Crippen molar-refractivity contribution in [3.8, 4) is 11.5 Å². The maximum atomic E-state index is 11.7. The zero-order valence-electron chi connectivity index (χ0n) is 12.0. The van der Waals surface area contributed by atoms with Crippen LogP contribution in [-0.4, -0.2) is 18.3 Å². The van der Waals surface area contributed by atoms with E-state index in [-0.39, 0.29) is 5.91 Å². The molecule has 22 heavy (non-hydrogen) atoms. The van der Waals surface area contributed by atoms with Gasteiger partial charge < -0.3 is 14.8 Å². The fraction of sp³-hybridized carbons (Fsp3) is 0.176. The zero-order chi connectivity index (χ0) is 15.5. The van der Waals surface area contributed by atoms with Gasteiger partial charge in [0.2, 0.25) is 0 Å². The van der Waals surface area contributed by atoms with Gasteiger partial charge in [-0.25, -0.2) is 0 Å². The van der Waals surface area contributed by atoms with E-state index in [2.05, 4.69) is 5.32 Å². The lowest BCUT2D eigenvalue weighted by Crippen LogP contribution is -2.34. The normalized spacial score (nSPS) is 16.2. The average Bonchev–Trinajstić information content (AvgIpc) is 2.54. The molecular weight excluding hydrogens is 282 g/mol. The summed E-state index contributed by atoms with van der Waals surface area (Å²) in [6.07, 6.45) is 0.105. The maximum Gasteiger partial charge on any atom is 0.265 e. The second-order valence-electron chi connectivity index (χ2n) is 5.04. The van der Waals surface area contributed by atoms with E-state index in [0.29, 0.717) is 35.6 Å². The van der Waals surface area contributed by atoms with Gasteiger partial charge in [0.15, 0.2) is 17.6 Å². The molecule has 1 atom stereocenters. The Bertz CT molecular complexity index is 712. The summed E-state index contributed by atoms with van der Waals surface area (Å²) >= 11 is 0. The summed E-state index contributed by atoms with van der Waals surface area (Å²) < 4.78 is 11.4. The molecule has 0 saturated heterocycles. The first-order chi connectivity index (χ1) is 10.7. The number of fused-ring (bicyclic) bond motifs is 1. The van der Waals surface area contributed by atoms with Crippen LogP contribution in [0.4, 0.5) is 5.69 Å². The summed E-state index contributed by atoms with van der Waals surface area (Å²) in [4.78, 5) is 22.7. The number of rotatable bonds is 4. The quantitative estimate of drug-likeness (QED) is 0.881. The van der Waals surface area contributed by atoms with E-state index < -0.39 is 6.10 Å². The van der Waals surface area contributed by atoms with E-state index in [9.17, 15) is 9.59 Å². The maximum absolute atomic E-state index is 11.7. The molecule has 1 aliphatic heterocycles. The van der Waals surface area contributed by atoms with Gasteiger partial charge in [-0.3, -0.25) is 9.59 Å². The van der Waals surface area contributed by atoms with E-state index >= 15 is 0 Å². The number of hydrogen-bond acceptors (Lipinski definition) is 4. The summed E-state index contributed by atoms with van der Waals surface area (Å²) in [6, 6.07) is 12.9. The van der Waals surface area contributed by atoms with Crippen LogP contribution in [-0.2, 0) is 11.4 Å². The van der Waals surface area contributed by atoms with Crippen molar-refractivity contribution >= 4 is 17.9 Å². The summed E-state index contributed by atoms with van der Waals surface area (Å²) in [5.74, 6) is 0.647. The Balaban J connectivity index is 1.91. The molecule has 0 fully saturated rings. The molecule has 0 spiro atoms.